The maximum Gasteiger partial charge on any atom is 0.255 e. The van der Waals surface area contributed by atoms with Crippen LogP contribution in [0.5, 0.6) is 0 Å². The first-order valence-electron chi connectivity index (χ1n) is 7.80. The molecule has 0 fully saturated rings. The highest BCUT2D eigenvalue weighted by molar-refractivity contribution is 5.95. The van der Waals surface area contributed by atoms with E-state index in [0.717, 1.165) is 11.4 Å². The zero-order valence-corrected chi connectivity index (χ0v) is 13.7. The Balaban J connectivity index is 2.27. The SMILES string of the molecule is Cc1cc(C(=O)N(CCO)CCO)c(C)n1Cc1ccccc1. The fourth-order valence-corrected chi connectivity index (χ4v) is 2.75. The van der Waals surface area contributed by atoms with Crippen LogP contribution in [0.25, 0.3) is 0 Å². The maximum atomic E-state index is 12.7. The van der Waals surface area contributed by atoms with Crippen molar-refractivity contribution in [1.29, 1.82) is 0 Å². The van der Waals surface area contributed by atoms with Gasteiger partial charge in [-0.05, 0) is 25.5 Å². The number of aryl methyl sites for hydroxylation is 1. The molecule has 2 rings (SSSR count). The highest BCUT2D eigenvalue weighted by Gasteiger charge is 2.20. The maximum absolute atomic E-state index is 12.7. The van der Waals surface area contributed by atoms with Gasteiger partial charge in [-0.3, -0.25) is 4.79 Å². The summed E-state index contributed by atoms with van der Waals surface area (Å²) in [6.45, 7) is 4.84. The highest BCUT2D eigenvalue weighted by Crippen LogP contribution is 2.19. The van der Waals surface area contributed by atoms with Gasteiger partial charge < -0.3 is 19.7 Å². The van der Waals surface area contributed by atoms with Crippen molar-refractivity contribution in [2.24, 2.45) is 0 Å². The second kappa shape index (κ2) is 7.94. The summed E-state index contributed by atoms with van der Waals surface area (Å²) in [5.41, 5.74) is 3.72. The molecule has 0 aliphatic rings. The van der Waals surface area contributed by atoms with Gasteiger partial charge in [0, 0.05) is 31.0 Å². The Bertz CT molecular complexity index is 644. The molecule has 0 aliphatic carbocycles. The Kier molecular flexibility index (Phi) is 5.96. The van der Waals surface area contributed by atoms with Gasteiger partial charge in [-0.15, -0.1) is 0 Å². The van der Waals surface area contributed by atoms with Crippen LogP contribution in [0.4, 0.5) is 0 Å². The van der Waals surface area contributed by atoms with Crippen LogP contribution in [0, 0.1) is 13.8 Å². The monoisotopic (exact) mass is 316 g/mol. The second-order valence-corrected chi connectivity index (χ2v) is 5.60. The molecule has 0 unspecified atom stereocenters. The van der Waals surface area contributed by atoms with Gasteiger partial charge in [0.15, 0.2) is 0 Å². The number of aromatic nitrogens is 1. The van der Waals surface area contributed by atoms with E-state index < -0.39 is 0 Å². The molecule has 1 aromatic heterocycles. The Morgan fingerprint density at radius 2 is 1.70 bits per heavy atom. The van der Waals surface area contributed by atoms with E-state index in [-0.39, 0.29) is 32.2 Å². The van der Waals surface area contributed by atoms with Crippen molar-refractivity contribution in [2.45, 2.75) is 20.4 Å². The molecule has 0 bridgehead atoms. The number of aliphatic hydroxyl groups excluding tert-OH is 2. The number of carbonyl (C=O) groups is 1. The van der Waals surface area contributed by atoms with Crippen molar-refractivity contribution in [2.75, 3.05) is 26.3 Å². The normalized spacial score (nSPS) is 10.8. The summed E-state index contributed by atoms with van der Waals surface area (Å²) < 4.78 is 2.11. The van der Waals surface area contributed by atoms with Gasteiger partial charge in [0.25, 0.3) is 5.91 Å². The molecule has 1 aromatic carbocycles. The number of rotatable bonds is 7. The Morgan fingerprint density at radius 1 is 1.09 bits per heavy atom. The van der Waals surface area contributed by atoms with Crippen molar-refractivity contribution >= 4 is 5.91 Å². The fraction of sp³-hybridized carbons (Fsp3) is 0.389. The zero-order valence-electron chi connectivity index (χ0n) is 13.7. The fourth-order valence-electron chi connectivity index (χ4n) is 2.75. The van der Waals surface area contributed by atoms with E-state index in [0.29, 0.717) is 12.1 Å². The first kappa shape index (κ1) is 17.2. The van der Waals surface area contributed by atoms with E-state index in [1.165, 1.54) is 10.5 Å². The van der Waals surface area contributed by atoms with Crippen molar-refractivity contribution in [1.82, 2.24) is 9.47 Å². The van der Waals surface area contributed by atoms with Gasteiger partial charge in [0.05, 0.1) is 18.8 Å². The van der Waals surface area contributed by atoms with Crippen molar-refractivity contribution in [3.63, 3.8) is 0 Å². The van der Waals surface area contributed by atoms with Crippen LogP contribution in [0.15, 0.2) is 36.4 Å². The first-order valence-corrected chi connectivity index (χ1v) is 7.80. The van der Waals surface area contributed by atoms with Crippen molar-refractivity contribution < 1.29 is 15.0 Å². The average molecular weight is 316 g/mol. The minimum absolute atomic E-state index is 0.117. The van der Waals surface area contributed by atoms with Gasteiger partial charge in [-0.1, -0.05) is 30.3 Å². The summed E-state index contributed by atoms with van der Waals surface area (Å²) in [4.78, 5) is 14.1. The third kappa shape index (κ3) is 4.00. The molecular formula is C18H24N2O3. The van der Waals surface area contributed by atoms with Crippen LogP contribution in [-0.2, 0) is 6.54 Å². The number of aliphatic hydroxyl groups is 2. The van der Waals surface area contributed by atoms with Crippen molar-refractivity contribution in [3.8, 4) is 0 Å². The van der Waals surface area contributed by atoms with Crippen LogP contribution < -0.4 is 0 Å². The van der Waals surface area contributed by atoms with Gasteiger partial charge in [-0.25, -0.2) is 0 Å². The topological polar surface area (TPSA) is 65.7 Å². The molecule has 0 spiro atoms. The summed E-state index contributed by atoms with van der Waals surface area (Å²) in [7, 11) is 0. The molecule has 2 N–H and O–H groups in total. The molecular weight excluding hydrogens is 292 g/mol. The molecule has 0 aliphatic heterocycles. The summed E-state index contributed by atoms with van der Waals surface area (Å²) in [5, 5.41) is 18.2. The van der Waals surface area contributed by atoms with E-state index in [2.05, 4.69) is 16.7 Å². The minimum Gasteiger partial charge on any atom is -0.395 e. The van der Waals surface area contributed by atoms with Gasteiger partial charge in [0.2, 0.25) is 0 Å². The second-order valence-electron chi connectivity index (χ2n) is 5.60. The zero-order chi connectivity index (χ0) is 16.8. The van der Waals surface area contributed by atoms with Gasteiger partial charge in [-0.2, -0.15) is 0 Å². The average Bonchev–Trinajstić information content (AvgIpc) is 2.83. The molecule has 0 saturated heterocycles. The molecule has 1 amide bonds. The summed E-state index contributed by atoms with van der Waals surface area (Å²) in [6, 6.07) is 12.0. The van der Waals surface area contributed by atoms with Crippen LogP contribution in [0.2, 0.25) is 0 Å². The lowest BCUT2D eigenvalue weighted by Crippen LogP contribution is -2.36. The number of benzene rings is 1. The molecule has 5 nitrogen and oxygen atoms in total. The number of hydrogen-bond acceptors (Lipinski definition) is 3. The summed E-state index contributed by atoms with van der Waals surface area (Å²) in [5.74, 6) is -0.152. The van der Waals surface area contributed by atoms with E-state index >= 15 is 0 Å². The largest absolute Gasteiger partial charge is 0.395 e. The predicted molar refractivity (Wildman–Crippen MR) is 89.5 cm³/mol. The number of carbonyl (C=O) groups excluding carboxylic acids is 1. The summed E-state index contributed by atoms with van der Waals surface area (Å²) in [6.07, 6.45) is 0. The third-order valence-corrected chi connectivity index (χ3v) is 4.01. The highest BCUT2D eigenvalue weighted by atomic mass is 16.3. The standard InChI is InChI=1S/C18H24N2O3/c1-14-12-17(18(23)19(8-10-21)9-11-22)15(2)20(14)13-16-6-4-3-5-7-16/h3-7,12,21-22H,8-11,13H2,1-2H3. The van der Waals surface area contributed by atoms with Gasteiger partial charge in [0.1, 0.15) is 0 Å². The molecule has 23 heavy (non-hydrogen) atoms. The van der Waals surface area contributed by atoms with E-state index in [4.69, 9.17) is 10.2 Å². The minimum atomic E-state index is -0.152. The van der Waals surface area contributed by atoms with Crippen LogP contribution in [0.1, 0.15) is 27.3 Å². The molecule has 0 saturated carbocycles. The lowest BCUT2D eigenvalue weighted by atomic mass is 10.2. The first-order chi connectivity index (χ1) is 11.1. The van der Waals surface area contributed by atoms with Crippen LogP contribution >= 0.6 is 0 Å². The lowest BCUT2D eigenvalue weighted by molar-refractivity contribution is 0.0684. The number of hydrogen-bond donors (Lipinski definition) is 2. The van der Waals surface area contributed by atoms with Crippen LogP contribution in [-0.4, -0.2) is 51.9 Å². The Hall–Kier alpha value is -2.11. The van der Waals surface area contributed by atoms with E-state index in [1.54, 1.807) is 0 Å². The summed E-state index contributed by atoms with van der Waals surface area (Å²) >= 11 is 0. The quantitative estimate of drug-likeness (QED) is 0.815. The predicted octanol–water partition coefficient (Wildman–Crippen LogP) is 1.58. The molecule has 0 radical (unpaired) electrons. The van der Waals surface area contributed by atoms with E-state index in [9.17, 15) is 4.79 Å². The molecule has 5 heteroatoms. The van der Waals surface area contributed by atoms with Crippen LogP contribution in [0.3, 0.4) is 0 Å². The number of nitrogens with zero attached hydrogens (tertiary/aromatic N) is 2. The third-order valence-electron chi connectivity index (χ3n) is 4.01. The molecule has 124 valence electrons. The Morgan fingerprint density at radius 3 is 2.26 bits per heavy atom. The Labute approximate surface area is 136 Å². The van der Waals surface area contributed by atoms with Crippen molar-refractivity contribution in [3.05, 3.63) is 58.9 Å². The smallest absolute Gasteiger partial charge is 0.255 e. The molecule has 0 atom stereocenters. The number of amides is 1. The molecule has 1 heterocycles. The molecule has 2 aromatic rings. The van der Waals surface area contributed by atoms with Gasteiger partial charge >= 0.3 is 0 Å². The van der Waals surface area contributed by atoms with E-state index in [1.807, 2.05) is 38.1 Å². The lowest BCUT2D eigenvalue weighted by Gasteiger charge is -2.20.